The molecular formula is C30H33N7O8. The molecule has 45 heavy (non-hydrogen) atoms. The minimum atomic E-state index is -1.43. The Balaban J connectivity index is 1.05. The van der Waals surface area contributed by atoms with Gasteiger partial charge in [0.05, 0.1) is 19.0 Å². The molecule has 5 N–H and O–H groups in total. The molecule has 0 bridgehead atoms. The molecule has 0 spiro atoms. The summed E-state index contributed by atoms with van der Waals surface area (Å²) in [5.74, 6) is 5.92. The van der Waals surface area contributed by atoms with Crippen LogP contribution in [0, 0.1) is 17.8 Å². The lowest BCUT2D eigenvalue weighted by molar-refractivity contribution is -0.137. The number of amides is 2. The van der Waals surface area contributed by atoms with Gasteiger partial charge in [0, 0.05) is 25.6 Å². The number of hydrogen-bond donors (Lipinski definition) is 4. The van der Waals surface area contributed by atoms with Crippen molar-refractivity contribution >= 4 is 35.0 Å². The first-order valence-corrected chi connectivity index (χ1v) is 14.7. The summed E-state index contributed by atoms with van der Waals surface area (Å²) in [7, 11) is 1.30. The van der Waals surface area contributed by atoms with Crippen molar-refractivity contribution in [1.82, 2.24) is 29.7 Å². The van der Waals surface area contributed by atoms with Gasteiger partial charge in [0.2, 0.25) is 5.82 Å². The number of nitrogens with zero attached hydrogens (tertiary/aromatic N) is 5. The fourth-order valence-corrected chi connectivity index (χ4v) is 5.33. The Kier molecular flexibility index (Phi) is 8.52. The van der Waals surface area contributed by atoms with E-state index in [9.17, 15) is 24.6 Å². The van der Waals surface area contributed by atoms with Crippen LogP contribution in [0.1, 0.15) is 54.5 Å². The van der Waals surface area contributed by atoms with Gasteiger partial charge in [-0.1, -0.05) is 5.92 Å². The number of hydrogen-bond acceptors (Lipinski definition) is 12. The fraction of sp³-hybridized carbons (Fsp3) is 0.467. The van der Waals surface area contributed by atoms with E-state index in [1.54, 1.807) is 17.0 Å². The minimum absolute atomic E-state index is 0.0707. The first kappa shape index (κ1) is 30.3. The van der Waals surface area contributed by atoms with E-state index >= 15 is 0 Å². The molecule has 3 aliphatic rings. The van der Waals surface area contributed by atoms with Crippen molar-refractivity contribution in [3.63, 3.8) is 0 Å². The van der Waals surface area contributed by atoms with Gasteiger partial charge in [-0.15, -0.1) is 0 Å². The number of esters is 1. The Morgan fingerprint density at radius 1 is 1.09 bits per heavy atom. The van der Waals surface area contributed by atoms with Gasteiger partial charge >= 0.3 is 12.1 Å². The third kappa shape index (κ3) is 6.53. The number of rotatable bonds is 6. The molecule has 1 aromatic carbocycles. The van der Waals surface area contributed by atoms with Crippen LogP contribution >= 0.6 is 0 Å². The highest BCUT2D eigenvalue weighted by Crippen LogP contribution is 2.33. The van der Waals surface area contributed by atoms with Crippen molar-refractivity contribution in [2.24, 2.45) is 5.92 Å². The molecule has 6 rings (SSSR count). The van der Waals surface area contributed by atoms with Gasteiger partial charge in [-0.25, -0.2) is 24.5 Å². The Labute approximate surface area is 257 Å². The standard InChI is InChI=1S/C30H33N7O8/c1-43-29(41)17-5-9-19(10-6-17)44-30(42)36-13-11-16(12-14-36)3-2-4-20-34-25(31)21-26(35-20)37(15-32-21)28-23(39)22(38)24(45-28)27(40)33-18-7-8-18/h5-6,9-10,15-16,18,22-24,28,38-39H,3,7-8,11-14H2,1H3,(H,33,40)(H2,31,34,35)/t22-,23?,24+,28-/m1/s1. The molecule has 2 saturated heterocycles. The first-order valence-electron chi connectivity index (χ1n) is 14.7. The van der Waals surface area contributed by atoms with Gasteiger partial charge in [0.15, 0.2) is 23.8 Å². The van der Waals surface area contributed by atoms with Gasteiger partial charge in [-0.2, -0.15) is 0 Å². The number of imidazole rings is 1. The summed E-state index contributed by atoms with van der Waals surface area (Å²) in [6.45, 7) is 1.02. The zero-order valence-electron chi connectivity index (χ0n) is 24.5. The van der Waals surface area contributed by atoms with E-state index in [0.717, 1.165) is 25.7 Å². The number of aliphatic hydroxyl groups excluding tert-OH is 2. The number of carbonyl (C=O) groups excluding carboxylic acids is 3. The summed E-state index contributed by atoms with van der Waals surface area (Å²) >= 11 is 0. The second-order valence-corrected chi connectivity index (χ2v) is 11.3. The summed E-state index contributed by atoms with van der Waals surface area (Å²) in [6, 6.07) is 6.22. The number of nitrogens with two attached hydrogens (primary N) is 1. The van der Waals surface area contributed by atoms with Crippen LogP contribution in [0.4, 0.5) is 10.6 Å². The maximum absolute atomic E-state index is 12.6. The van der Waals surface area contributed by atoms with E-state index in [1.807, 2.05) is 0 Å². The average Bonchev–Trinajstić information content (AvgIpc) is 3.68. The molecule has 1 aliphatic carbocycles. The number of benzene rings is 1. The Bertz CT molecular complexity index is 1650. The van der Waals surface area contributed by atoms with E-state index in [4.69, 9.17) is 15.2 Å². The third-order valence-corrected chi connectivity index (χ3v) is 8.09. The molecule has 2 aliphatic heterocycles. The number of anilines is 1. The number of ether oxygens (including phenoxy) is 3. The summed E-state index contributed by atoms with van der Waals surface area (Å²) in [6.07, 6.45) is -0.537. The largest absolute Gasteiger partial charge is 0.465 e. The molecule has 1 saturated carbocycles. The lowest BCUT2D eigenvalue weighted by Gasteiger charge is -2.30. The predicted octanol–water partition coefficient (Wildman–Crippen LogP) is 0.746. The van der Waals surface area contributed by atoms with Crippen LogP contribution in [-0.4, -0.2) is 97.2 Å². The van der Waals surface area contributed by atoms with Crippen LogP contribution in [0.25, 0.3) is 11.2 Å². The molecule has 4 heterocycles. The Morgan fingerprint density at radius 2 is 1.82 bits per heavy atom. The number of nitrogen functional groups attached to an aromatic ring is 1. The van der Waals surface area contributed by atoms with Gasteiger partial charge in [0.1, 0.15) is 23.5 Å². The highest BCUT2D eigenvalue weighted by atomic mass is 16.6. The number of likely N-dealkylation sites (tertiary alicyclic amines) is 1. The van der Waals surface area contributed by atoms with E-state index < -0.39 is 42.5 Å². The average molecular weight is 620 g/mol. The zero-order valence-corrected chi connectivity index (χ0v) is 24.5. The van der Waals surface area contributed by atoms with Gasteiger partial charge in [-0.05, 0) is 61.8 Å². The summed E-state index contributed by atoms with van der Waals surface area (Å²) < 4.78 is 17.3. The molecular weight excluding hydrogens is 586 g/mol. The number of aliphatic hydroxyl groups is 2. The topological polar surface area (TPSA) is 204 Å². The smallest absolute Gasteiger partial charge is 0.415 e. The Hall–Kier alpha value is -4.78. The third-order valence-electron chi connectivity index (χ3n) is 8.09. The number of aromatic nitrogens is 4. The number of carbonyl (C=O) groups is 3. The minimum Gasteiger partial charge on any atom is -0.465 e. The summed E-state index contributed by atoms with van der Waals surface area (Å²) in [5.41, 5.74) is 7.01. The lowest BCUT2D eigenvalue weighted by atomic mass is 9.94. The van der Waals surface area contributed by atoms with Crippen molar-refractivity contribution in [3.05, 3.63) is 42.0 Å². The fourth-order valence-electron chi connectivity index (χ4n) is 5.33. The van der Waals surface area contributed by atoms with Crippen molar-refractivity contribution in [1.29, 1.82) is 0 Å². The molecule has 4 atom stereocenters. The second kappa shape index (κ2) is 12.7. The molecule has 3 fully saturated rings. The molecule has 1 unspecified atom stereocenters. The highest BCUT2D eigenvalue weighted by molar-refractivity contribution is 5.89. The second-order valence-electron chi connectivity index (χ2n) is 11.3. The van der Waals surface area contributed by atoms with Crippen LogP contribution in [-0.2, 0) is 14.3 Å². The quantitative estimate of drug-likeness (QED) is 0.223. The molecule has 15 nitrogen and oxygen atoms in total. The lowest BCUT2D eigenvalue weighted by Crippen LogP contribution is -2.43. The van der Waals surface area contributed by atoms with Crippen LogP contribution in [0.5, 0.6) is 5.75 Å². The normalized spacial score (nSPS) is 23.3. The van der Waals surface area contributed by atoms with E-state index in [1.165, 1.54) is 30.1 Å². The number of fused-ring (bicyclic) bond motifs is 1. The Morgan fingerprint density at radius 3 is 2.51 bits per heavy atom. The molecule has 2 aromatic heterocycles. The molecule has 2 amide bonds. The van der Waals surface area contributed by atoms with Crippen molar-refractivity contribution in [3.8, 4) is 17.6 Å². The van der Waals surface area contributed by atoms with Crippen LogP contribution in [0.2, 0.25) is 0 Å². The molecule has 236 valence electrons. The van der Waals surface area contributed by atoms with E-state index in [2.05, 4.69) is 36.8 Å². The van der Waals surface area contributed by atoms with Crippen molar-refractivity contribution in [2.45, 2.75) is 62.7 Å². The first-order chi connectivity index (χ1) is 21.7. The van der Waals surface area contributed by atoms with Crippen LogP contribution in [0.15, 0.2) is 30.6 Å². The molecule has 3 aromatic rings. The number of nitrogens with one attached hydrogen (secondary N) is 1. The maximum atomic E-state index is 12.6. The predicted molar refractivity (Wildman–Crippen MR) is 156 cm³/mol. The summed E-state index contributed by atoms with van der Waals surface area (Å²) in [5, 5.41) is 24.0. The number of methoxy groups -OCH3 is 1. The monoisotopic (exact) mass is 619 g/mol. The molecule has 15 heteroatoms. The van der Waals surface area contributed by atoms with Crippen LogP contribution < -0.4 is 15.8 Å². The van der Waals surface area contributed by atoms with Crippen molar-refractivity contribution < 1.29 is 38.8 Å². The van der Waals surface area contributed by atoms with E-state index in [0.29, 0.717) is 30.8 Å². The maximum Gasteiger partial charge on any atom is 0.415 e. The molecule has 0 radical (unpaired) electrons. The van der Waals surface area contributed by atoms with Crippen LogP contribution in [0.3, 0.4) is 0 Å². The summed E-state index contributed by atoms with van der Waals surface area (Å²) in [4.78, 5) is 51.3. The SMILES string of the molecule is COC(=O)c1ccc(OC(=O)N2CCC(CC#Cc3nc(N)c4ncn([C@@H]5O[C@H](C(=O)NC6CC6)[C@H](O)C5O)c4n3)CC2)cc1. The van der Waals surface area contributed by atoms with Crippen molar-refractivity contribution in [2.75, 3.05) is 25.9 Å². The zero-order chi connectivity index (χ0) is 31.7. The van der Waals surface area contributed by atoms with E-state index in [-0.39, 0.29) is 34.8 Å². The number of piperidine rings is 1. The van der Waals surface area contributed by atoms with Gasteiger partial charge in [-0.3, -0.25) is 9.36 Å². The highest BCUT2D eigenvalue weighted by Gasteiger charge is 2.48. The van der Waals surface area contributed by atoms with Gasteiger partial charge < -0.3 is 40.4 Å². The van der Waals surface area contributed by atoms with Gasteiger partial charge in [0.25, 0.3) is 5.91 Å².